The third-order valence-electron chi connectivity index (χ3n) is 15.3. The summed E-state index contributed by atoms with van der Waals surface area (Å²) in [4.78, 5) is 5.19. The molecule has 3 aromatic heterocycles. The molecule has 10 aromatic rings. The van der Waals surface area contributed by atoms with Crippen LogP contribution in [0.5, 0.6) is 0 Å². The minimum Gasteiger partial charge on any atom is -0.468 e. The summed E-state index contributed by atoms with van der Waals surface area (Å²) in [6.07, 6.45) is 0. The molecule has 6 heteroatoms. The maximum absolute atomic E-state index is 7.48. The van der Waals surface area contributed by atoms with E-state index in [9.17, 15) is 0 Å². The van der Waals surface area contributed by atoms with Crippen LogP contribution >= 0.6 is 0 Å². The van der Waals surface area contributed by atoms with E-state index in [0.717, 1.165) is 49.9 Å². The molecule has 0 spiro atoms. The molecule has 0 aliphatic carbocycles. The maximum atomic E-state index is 7.48. The number of hydrogen-bond acceptors (Lipinski definition) is 4. The van der Waals surface area contributed by atoms with Gasteiger partial charge in [0.15, 0.2) is 0 Å². The summed E-state index contributed by atoms with van der Waals surface area (Å²) in [5.41, 5.74) is 23.1. The van der Waals surface area contributed by atoms with Crippen LogP contribution in [0.3, 0.4) is 0 Å². The molecular formula is C61H58BN3O2. The van der Waals surface area contributed by atoms with Crippen LogP contribution < -0.4 is 26.4 Å². The van der Waals surface area contributed by atoms with Crippen molar-refractivity contribution < 1.29 is 8.83 Å². The molecule has 0 saturated carbocycles. The van der Waals surface area contributed by atoms with E-state index in [0.29, 0.717) is 0 Å². The molecule has 6 heterocycles. The van der Waals surface area contributed by atoms with Gasteiger partial charge in [-0.05, 0) is 140 Å². The molecule has 0 bridgehead atoms. The minimum atomic E-state index is -0.188. The topological polar surface area (TPSA) is 37.7 Å². The number of furan rings is 2. The first kappa shape index (κ1) is 40.6. The number of rotatable bonds is 1. The molecule has 5 nitrogen and oxygen atoms in total. The number of fused-ring (bicyclic) bond motifs is 14. The van der Waals surface area contributed by atoms with Gasteiger partial charge in [-0.3, -0.25) is 0 Å². The Hall–Kier alpha value is -6.66. The van der Waals surface area contributed by atoms with E-state index in [2.05, 4.69) is 220 Å². The van der Waals surface area contributed by atoms with Gasteiger partial charge in [0, 0.05) is 32.9 Å². The van der Waals surface area contributed by atoms with Crippen molar-refractivity contribution in [3.8, 4) is 5.69 Å². The Morgan fingerprint density at radius 2 is 1.01 bits per heavy atom. The van der Waals surface area contributed by atoms with Crippen LogP contribution in [0.15, 0.2) is 124 Å². The second kappa shape index (κ2) is 12.9. The predicted octanol–water partition coefficient (Wildman–Crippen LogP) is 15.3. The zero-order valence-electron chi connectivity index (χ0n) is 41.2. The number of hydrogen-bond donors (Lipinski definition) is 0. The van der Waals surface area contributed by atoms with Crippen molar-refractivity contribution >= 4 is 112 Å². The van der Waals surface area contributed by atoms with Crippen LogP contribution in [0.4, 0.5) is 34.1 Å². The Morgan fingerprint density at radius 3 is 1.72 bits per heavy atom. The molecule has 3 aliphatic rings. The summed E-state index contributed by atoms with van der Waals surface area (Å²) >= 11 is 0. The molecule has 3 aliphatic heterocycles. The average Bonchev–Trinajstić information content (AvgIpc) is 3.94. The summed E-state index contributed by atoms with van der Waals surface area (Å²) in [5.74, 6) is 0. The van der Waals surface area contributed by atoms with Crippen LogP contribution in [0, 0.1) is 6.92 Å². The van der Waals surface area contributed by atoms with E-state index in [1.807, 2.05) is 0 Å². The average molecular weight is 876 g/mol. The summed E-state index contributed by atoms with van der Waals surface area (Å²) in [6, 6.07) is 44.0. The fraction of sp³-hybridized carbons (Fsp3) is 0.279. The Balaban J connectivity index is 1.23. The highest BCUT2D eigenvalue weighted by Crippen LogP contribution is 2.56. The molecule has 332 valence electrons. The molecule has 0 N–H and O–H groups in total. The van der Waals surface area contributed by atoms with Crippen molar-refractivity contribution in [2.75, 3.05) is 9.80 Å². The van der Waals surface area contributed by atoms with Gasteiger partial charge in [0.25, 0.3) is 6.71 Å². The van der Waals surface area contributed by atoms with E-state index in [4.69, 9.17) is 8.83 Å². The van der Waals surface area contributed by atoms with E-state index in [1.165, 1.54) is 89.0 Å². The smallest absolute Gasteiger partial charge is 0.297 e. The zero-order valence-corrected chi connectivity index (χ0v) is 41.2. The molecular weight excluding hydrogens is 818 g/mol. The minimum absolute atomic E-state index is 0.00107. The molecule has 0 atom stereocenters. The zero-order chi connectivity index (χ0) is 46.6. The van der Waals surface area contributed by atoms with E-state index in [-0.39, 0.29) is 28.4 Å². The first-order chi connectivity index (χ1) is 31.7. The second-order valence-electron chi connectivity index (χ2n) is 24.0. The molecule has 0 radical (unpaired) electrons. The first-order valence-electron chi connectivity index (χ1n) is 24.2. The maximum Gasteiger partial charge on any atom is 0.297 e. The van der Waals surface area contributed by atoms with E-state index in [1.54, 1.807) is 0 Å². The lowest BCUT2D eigenvalue weighted by Gasteiger charge is -2.45. The van der Waals surface area contributed by atoms with Crippen molar-refractivity contribution in [3.05, 3.63) is 143 Å². The standard InChI is InChI=1S/C61H58BN3O2/c1-33-25-45-53-46(26-33)65-47-31-36(60(8,9)10)29-40-39-27-34(58(2,3)4)21-23-43(39)63(54(40)47)48-32-37(61(11,12)13)30-42(56(48)65)62(53)57-55(41-28-35(59(5,6)7)22-24-50(41)67-57)64(45)44-18-16-20-51-52(44)38-17-14-15-19-49(38)66-51/h14-32H,1-13H3. The predicted molar refractivity (Wildman–Crippen MR) is 285 cm³/mol. The number of benzene rings is 7. The Morgan fingerprint density at radius 1 is 0.433 bits per heavy atom. The number of nitrogens with zero attached hydrogens (tertiary/aromatic N) is 3. The molecule has 67 heavy (non-hydrogen) atoms. The number of aromatic nitrogens is 1. The fourth-order valence-electron chi connectivity index (χ4n) is 11.7. The molecule has 0 amide bonds. The van der Waals surface area contributed by atoms with Crippen LogP contribution in [-0.4, -0.2) is 11.3 Å². The third-order valence-corrected chi connectivity index (χ3v) is 15.3. The van der Waals surface area contributed by atoms with Gasteiger partial charge in [-0.1, -0.05) is 126 Å². The Kier molecular flexibility index (Phi) is 7.79. The number of anilines is 6. The fourth-order valence-corrected chi connectivity index (χ4v) is 11.7. The van der Waals surface area contributed by atoms with Gasteiger partial charge in [-0.2, -0.15) is 0 Å². The monoisotopic (exact) mass is 875 g/mol. The molecule has 13 rings (SSSR count). The highest BCUT2D eigenvalue weighted by atomic mass is 16.3. The second-order valence-corrected chi connectivity index (χ2v) is 24.0. The summed E-state index contributed by atoms with van der Waals surface area (Å²) < 4.78 is 16.7. The lowest BCUT2D eigenvalue weighted by molar-refractivity contribution is 0.589. The largest absolute Gasteiger partial charge is 0.468 e. The van der Waals surface area contributed by atoms with E-state index < -0.39 is 0 Å². The first-order valence-corrected chi connectivity index (χ1v) is 24.2. The van der Waals surface area contributed by atoms with Crippen LogP contribution in [0.1, 0.15) is 111 Å². The van der Waals surface area contributed by atoms with Crippen LogP contribution in [0.2, 0.25) is 0 Å². The van der Waals surface area contributed by atoms with Crippen molar-refractivity contribution in [3.63, 3.8) is 0 Å². The van der Waals surface area contributed by atoms with Crippen molar-refractivity contribution in [1.29, 1.82) is 0 Å². The highest BCUT2D eigenvalue weighted by Gasteiger charge is 2.50. The summed E-state index contributed by atoms with van der Waals surface area (Å²) in [5, 5.41) is 5.93. The van der Waals surface area contributed by atoms with Crippen molar-refractivity contribution in [1.82, 2.24) is 4.57 Å². The normalized spacial score (nSPS) is 14.6. The van der Waals surface area contributed by atoms with Gasteiger partial charge in [0.05, 0.1) is 50.5 Å². The SMILES string of the molecule is Cc1cc2c3c(c1)N1c4c(cc(C(C)(C)C)cc4-n4c5ccc(C(C)(C)C)cc5c5cc(C(C)(C)C)cc1c54)B3c1oc3ccc(C(C)(C)C)cc3c1N2c1cccc2oc3ccccc3c12. The molecule has 7 aromatic carbocycles. The third kappa shape index (κ3) is 5.50. The van der Waals surface area contributed by atoms with Crippen molar-refractivity contribution in [2.24, 2.45) is 0 Å². The number of aryl methyl sites for hydroxylation is 1. The highest BCUT2D eigenvalue weighted by molar-refractivity contribution is 7.00. The van der Waals surface area contributed by atoms with Crippen LogP contribution in [0.25, 0.3) is 60.4 Å². The van der Waals surface area contributed by atoms with Crippen LogP contribution in [-0.2, 0) is 21.7 Å². The Labute approximate surface area is 394 Å². The quantitative estimate of drug-likeness (QED) is 0.154. The van der Waals surface area contributed by atoms with Gasteiger partial charge in [0.2, 0.25) is 0 Å². The summed E-state index contributed by atoms with van der Waals surface area (Å²) in [6.45, 7) is 30.1. The molecule has 0 saturated heterocycles. The van der Waals surface area contributed by atoms with Crippen molar-refractivity contribution in [2.45, 2.75) is 112 Å². The van der Waals surface area contributed by atoms with Gasteiger partial charge in [0.1, 0.15) is 16.7 Å². The van der Waals surface area contributed by atoms with Gasteiger partial charge >= 0.3 is 0 Å². The van der Waals surface area contributed by atoms with Gasteiger partial charge in [-0.15, -0.1) is 0 Å². The number of para-hydroxylation sites is 1. The van der Waals surface area contributed by atoms with E-state index >= 15 is 0 Å². The Bertz CT molecular complexity index is 3830. The molecule has 0 fully saturated rings. The molecule has 0 unspecified atom stereocenters. The van der Waals surface area contributed by atoms with Gasteiger partial charge in [-0.25, -0.2) is 0 Å². The van der Waals surface area contributed by atoms with Gasteiger partial charge < -0.3 is 23.2 Å². The lowest BCUT2D eigenvalue weighted by Crippen LogP contribution is -2.61. The summed E-state index contributed by atoms with van der Waals surface area (Å²) in [7, 11) is 0. The lowest BCUT2D eigenvalue weighted by atomic mass is 9.35.